The van der Waals surface area contributed by atoms with Gasteiger partial charge in [-0.15, -0.1) is 11.8 Å². The second-order valence-corrected chi connectivity index (χ2v) is 22.0. The van der Waals surface area contributed by atoms with Gasteiger partial charge in [0.2, 0.25) is 47.3 Å². The Morgan fingerprint density at radius 2 is 1.53 bits per heavy atom. The molecule has 4 aliphatic rings. The van der Waals surface area contributed by atoms with Crippen LogP contribution in [0.25, 0.3) is 10.9 Å². The minimum Gasteiger partial charge on any atom is -0.475 e. The molecule has 4 aliphatic heterocycles. The first kappa shape index (κ1) is 69.2. The number of benzene rings is 1. The Hall–Kier alpha value is -5.90. The van der Waals surface area contributed by atoms with E-state index in [2.05, 4.69) is 42.2 Å². The molecule has 5 heterocycles. The van der Waals surface area contributed by atoms with Crippen LogP contribution in [0.1, 0.15) is 114 Å². The minimum absolute atomic E-state index is 0.00816. The number of nitrogens with one attached hydrogen (secondary N) is 8. The van der Waals surface area contributed by atoms with E-state index in [1.165, 1.54) is 6.92 Å². The second-order valence-electron chi connectivity index (χ2n) is 20.9. The maximum Gasteiger partial charge on any atom is 0.244 e. The van der Waals surface area contributed by atoms with E-state index < -0.39 is 151 Å². The van der Waals surface area contributed by atoms with Gasteiger partial charge in [0.05, 0.1) is 61.0 Å². The van der Waals surface area contributed by atoms with E-state index in [-0.39, 0.29) is 25.1 Å². The van der Waals surface area contributed by atoms with Gasteiger partial charge < -0.3 is 83.6 Å². The molecule has 6 rings (SSSR count). The topological polar surface area (TPSA) is 399 Å². The maximum atomic E-state index is 14.7. The zero-order chi connectivity index (χ0) is 60.1. The predicted molar refractivity (Wildman–Crippen MR) is 298 cm³/mol. The van der Waals surface area contributed by atoms with Crippen molar-refractivity contribution >= 4 is 76.2 Å². The van der Waals surface area contributed by atoms with Crippen molar-refractivity contribution in [2.45, 2.75) is 180 Å². The van der Waals surface area contributed by atoms with Crippen molar-refractivity contribution in [3.63, 3.8) is 0 Å². The van der Waals surface area contributed by atoms with Crippen molar-refractivity contribution in [2.24, 2.45) is 28.7 Å². The van der Waals surface area contributed by atoms with E-state index in [1.54, 1.807) is 36.9 Å². The van der Waals surface area contributed by atoms with Crippen LogP contribution in [0.3, 0.4) is 0 Å². The normalized spacial score (nSPS) is 24.3. The molecule has 0 spiro atoms. The molecule has 16 N–H and O–H groups in total. The highest BCUT2D eigenvalue weighted by atomic mass is 32.2. The van der Waals surface area contributed by atoms with E-state index in [0.717, 1.165) is 18.9 Å². The number of aromatic amines is 1. The third-order valence-corrected chi connectivity index (χ3v) is 14.5. The standard InChI is InChI=1S/C48H73N11O13S.2C2H6.CH4O/c1-8-23(2)39-44(70)52-16-36(65)54-32(42(68)53-25(19-60)11-35(49)64)21-73-46-29-14-31(41(67)51-17-37(66)57-39)55-45(71)40(24(3)34(63)20-61)58-43(69)33-12-26(62)18-59(33)38(15-47(4,5)22-48(6,7)50)72-27-9-10-28(29)30(13-27)56-46;3*1-2/h9-10,13,19,23-26,31-34,38-40,56,61-63H,8,11-12,14-18,20-22,50H2,1-7H3,(H2,49,64)(H,51,67)(H,52,70)(H,53,68)(H,54,65)(H,55,71)(H,57,66)(H,58,69);2*1-2H3;2H,1H3/t23?,24-,25?,26+,31?,32-,33?,34?,38?,39?,40?;;;/m0.../s1. The van der Waals surface area contributed by atoms with Crippen molar-refractivity contribution in [2.75, 3.05) is 39.1 Å². The Labute approximate surface area is 467 Å². The summed E-state index contributed by atoms with van der Waals surface area (Å²) in [6.07, 6.45) is -2.79. The molecule has 1 aromatic carbocycles. The lowest BCUT2D eigenvalue weighted by Crippen LogP contribution is -2.61. The average molecular weight is 1140 g/mol. The number of carbonyl (C=O) groups excluding carboxylic acids is 9. The monoisotopic (exact) mass is 1140 g/mol. The summed E-state index contributed by atoms with van der Waals surface area (Å²) in [7, 11) is 1.00. The van der Waals surface area contributed by atoms with E-state index in [9.17, 15) is 58.5 Å². The highest BCUT2D eigenvalue weighted by molar-refractivity contribution is 7.99. The molecule has 0 saturated carbocycles. The van der Waals surface area contributed by atoms with Crippen molar-refractivity contribution in [1.82, 2.24) is 47.1 Å². The average Bonchev–Trinajstić information content (AvgIpc) is 4.01. The van der Waals surface area contributed by atoms with Crippen LogP contribution >= 0.6 is 11.8 Å². The molecule has 26 heteroatoms. The molecule has 25 nitrogen and oxygen atoms in total. The highest BCUT2D eigenvalue weighted by Crippen LogP contribution is 2.38. The molecular weight excluding hydrogens is 1050 g/mol. The number of aliphatic hydroxyl groups excluding tert-OH is 4. The number of carbonyl (C=O) groups is 9. The van der Waals surface area contributed by atoms with Gasteiger partial charge in [-0.1, -0.05) is 68.7 Å². The number of nitrogens with zero attached hydrogens (tertiary/aromatic N) is 1. The van der Waals surface area contributed by atoms with Crippen molar-refractivity contribution in [3.05, 3.63) is 23.8 Å². The Morgan fingerprint density at radius 1 is 0.911 bits per heavy atom. The first-order valence-corrected chi connectivity index (χ1v) is 27.9. The highest BCUT2D eigenvalue weighted by Gasteiger charge is 2.45. The fourth-order valence-electron chi connectivity index (χ4n) is 9.66. The summed E-state index contributed by atoms with van der Waals surface area (Å²) in [6.45, 7) is 18.6. The maximum absolute atomic E-state index is 14.7. The van der Waals surface area contributed by atoms with Crippen molar-refractivity contribution < 1.29 is 68.3 Å². The molecule has 79 heavy (non-hydrogen) atoms. The van der Waals surface area contributed by atoms with Gasteiger partial charge in [0, 0.05) is 55.2 Å². The lowest BCUT2D eigenvalue weighted by Gasteiger charge is -2.40. The summed E-state index contributed by atoms with van der Waals surface area (Å²) < 4.78 is 6.80. The van der Waals surface area contributed by atoms with Crippen LogP contribution in [0.4, 0.5) is 0 Å². The third kappa shape index (κ3) is 20.6. The molecule has 0 aliphatic carbocycles. The smallest absolute Gasteiger partial charge is 0.244 e. The number of thioether (sulfide) groups is 1. The van der Waals surface area contributed by atoms with Gasteiger partial charge in [0.1, 0.15) is 36.2 Å². The molecule has 1 fully saturated rings. The van der Waals surface area contributed by atoms with E-state index in [1.807, 2.05) is 55.4 Å². The number of primary amides is 1. The van der Waals surface area contributed by atoms with Crippen LogP contribution in [0.15, 0.2) is 23.2 Å². The molecule has 2 aromatic rings. The van der Waals surface area contributed by atoms with Gasteiger partial charge in [-0.2, -0.15) is 0 Å². The van der Waals surface area contributed by atoms with Crippen LogP contribution in [-0.2, 0) is 49.6 Å². The second kappa shape index (κ2) is 32.4. The van der Waals surface area contributed by atoms with E-state index >= 15 is 0 Å². The zero-order valence-corrected chi connectivity index (χ0v) is 48.6. The zero-order valence-electron chi connectivity index (χ0n) is 47.8. The minimum atomic E-state index is -1.60. The van der Waals surface area contributed by atoms with Crippen LogP contribution in [0, 0.1) is 17.3 Å². The van der Waals surface area contributed by atoms with Crippen LogP contribution in [0.2, 0.25) is 0 Å². The quantitative estimate of drug-likeness (QED) is 0.100. The van der Waals surface area contributed by atoms with Gasteiger partial charge >= 0.3 is 0 Å². The first-order valence-electron chi connectivity index (χ1n) is 26.9. The summed E-state index contributed by atoms with van der Waals surface area (Å²) in [5.74, 6) is -8.27. The van der Waals surface area contributed by atoms with Gasteiger partial charge in [0.15, 0.2) is 6.23 Å². The molecular formula is C53H89N11O14S. The Morgan fingerprint density at radius 3 is 2.11 bits per heavy atom. The van der Waals surface area contributed by atoms with Crippen LogP contribution in [0.5, 0.6) is 5.75 Å². The Bertz CT molecular complexity index is 2380. The number of ether oxygens (including phenoxy) is 1. The van der Waals surface area contributed by atoms with Crippen LogP contribution in [-0.4, -0.2) is 183 Å². The molecule has 8 unspecified atom stereocenters. The third-order valence-electron chi connectivity index (χ3n) is 13.3. The largest absolute Gasteiger partial charge is 0.475 e. The predicted octanol–water partition coefficient (Wildman–Crippen LogP) is -1.06. The Balaban J connectivity index is 0.00000343. The summed E-state index contributed by atoms with van der Waals surface area (Å²) in [5.41, 5.74) is 11.5. The molecule has 1 aromatic heterocycles. The molecule has 446 valence electrons. The number of aldehydes is 1. The Kier molecular flexibility index (Phi) is 28.4. The number of hydrogen-bond acceptors (Lipinski definition) is 17. The molecule has 5 bridgehead atoms. The first-order chi connectivity index (χ1) is 37.2. The summed E-state index contributed by atoms with van der Waals surface area (Å²) in [5, 5.41) is 58.1. The van der Waals surface area contributed by atoms with Gasteiger partial charge in [-0.3, -0.25) is 43.3 Å². The van der Waals surface area contributed by atoms with Crippen molar-refractivity contribution in [1.29, 1.82) is 0 Å². The van der Waals surface area contributed by atoms with Gasteiger partial charge in [-0.05, 0) is 55.7 Å². The number of aliphatic hydroxyl groups is 4. The number of H-pyrrole nitrogens is 1. The summed E-state index contributed by atoms with van der Waals surface area (Å²) >= 11 is 1.00. The molecule has 0 radical (unpaired) electrons. The number of fused-ring (bicyclic) bond motifs is 6. The number of aromatic nitrogens is 1. The number of rotatable bonds is 14. The fourth-order valence-corrected chi connectivity index (χ4v) is 10.8. The lowest BCUT2D eigenvalue weighted by atomic mass is 9.77. The fraction of sp³-hybridized carbons (Fsp3) is 0.679. The van der Waals surface area contributed by atoms with Gasteiger partial charge in [-0.25, -0.2) is 0 Å². The van der Waals surface area contributed by atoms with Crippen molar-refractivity contribution in [3.8, 4) is 5.75 Å². The summed E-state index contributed by atoms with van der Waals surface area (Å²) in [6, 6.07) is -3.14. The number of hydrogen-bond donors (Lipinski definition) is 14. The molecule has 11 atom stereocenters. The molecule has 1 saturated heterocycles. The number of amides is 8. The van der Waals surface area contributed by atoms with Gasteiger partial charge in [0.25, 0.3) is 0 Å². The van der Waals surface area contributed by atoms with E-state index in [0.29, 0.717) is 52.8 Å². The number of nitrogens with two attached hydrogens (primary N) is 2. The van der Waals surface area contributed by atoms with E-state index in [4.69, 9.17) is 21.3 Å². The van der Waals surface area contributed by atoms with Crippen LogP contribution < -0.4 is 53.4 Å². The summed E-state index contributed by atoms with van der Waals surface area (Å²) in [4.78, 5) is 127. The lowest BCUT2D eigenvalue weighted by molar-refractivity contribution is -0.137. The SMILES string of the molecule is CC.CC.CCC(C)C1NC(=O)CNC(=O)C2Cc3c([nH]c4cc(ccc34)OC(CC(C)(C)CC(C)(C)N)N3C[C@H](O)CC3C(=O)NC([C@@H](C)C(O)CO)C(=O)N2)SC[C@@H](C(=O)NC(C=O)CC(N)=O)NC(=O)CNC1=O.CO. The molecule has 8 amide bonds.